The molecule has 17 heavy (non-hydrogen) atoms. The van der Waals surface area contributed by atoms with Gasteiger partial charge in [-0.15, -0.1) is 0 Å². The highest BCUT2D eigenvalue weighted by Crippen LogP contribution is 2.23. The molecule has 0 saturated carbocycles. The van der Waals surface area contributed by atoms with Crippen molar-refractivity contribution in [1.29, 1.82) is 0 Å². The number of hydrogen-bond donors (Lipinski definition) is 1. The fourth-order valence-corrected chi connectivity index (χ4v) is 1.61. The molecule has 1 aromatic rings. The number of ether oxygens (including phenoxy) is 2. The van der Waals surface area contributed by atoms with Gasteiger partial charge in [-0.2, -0.15) is 0 Å². The Morgan fingerprint density at radius 1 is 1.29 bits per heavy atom. The Morgan fingerprint density at radius 3 is 2.71 bits per heavy atom. The summed E-state index contributed by atoms with van der Waals surface area (Å²) in [6.07, 6.45) is 0.0268. The number of aryl methyl sites for hydroxylation is 1. The zero-order valence-electron chi connectivity index (χ0n) is 10.3. The smallest absolute Gasteiger partial charge is 0.0812 e. The van der Waals surface area contributed by atoms with Crippen LogP contribution in [0.3, 0.4) is 0 Å². The second kappa shape index (κ2) is 7.67. The van der Waals surface area contributed by atoms with E-state index in [0.29, 0.717) is 31.3 Å². The predicted octanol–water partition coefficient (Wildman–Crippen LogP) is 2.73. The van der Waals surface area contributed by atoms with Gasteiger partial charge < -0.3 is 14.6 Å². The van der Waals surface area contributed by atoms with Crippen LogP contribution >= 0.6 is 11.6 Å². The minimum Gasteiger partial charge on any atom is -0.388 e. The molecule has 96 valence electrons. The summed E-state index contributed by atoms with van der Waals surface area (Å²) in [6.45, 7) is 3.58. The van der Waals surface area contributed by atoms with Crippen LogP contribution in [0.15, 0.2) is 18.2 Å². The fraction of sp³-hybridized carbons (Fsp3) is 0.538. The molecule has 0 aliphatic rings. The highest BCUT2D eigenvalue weighted by Gasteiger charge is 2.08. The molecule has 1 N–H and O–H groups in total. The molecule has 0 saturated heterocycles. The summed E-state index contributed by atoms with van der Waals surface area (Å²) in [5.41, 5.74) is 1.84. The molecule has 0 fully saturated rings. The molecule has 4 heteroatoms. The molecule has 0 amide bonds. The molecule has 1 rings (SSSR count). The molecule has 0 aliphatic heterocycles. The third kappa shape index (κ3) is 5.04. The topological polar surface area (TPSA) is 38.7 Å². The second-order valence-electron chi connectivity index (χ2n) is 3.92. The van der Waals surface area contributed by atoms with E-state index in [1.807, 2.05) is 19.1 Å². The summed E-state index contributed by atoms with van der Waals surface area (Å²) >= 11 is 6.00. The monoisotopic (exact) mass is 258 g/mol. The zero-order valence-corrected chi connectivity index (χ0v) is 11.0. The van der Waals surface area contributed by atoms with E-state index < -0.39 is 6.10 Å². The number of aliphatic hydroxyl groups excluding tert-OH is 1. The molecular weight excluding hydrogens is 240 g/mol. The summed E-state index contributed by atoms with van der Waals surface area (Å²) < 4.78 is 10.2. The van der Waals surface area contributed by atoms with Crippen molar-refractivity contribution in [1.82, 2.24) is 0 Å². The molecule has 1 atom stereocenters. The van der Waals surface area contributed by atoms with Gasteiger partial charge >= 0.3 is 0 Å². The fourth-order valence-electron chi connectivity index (χ4n) is 1.42. The van der Waals surface area contributed by atoms with Gasteiger partial charge in [-0.05, 0) is 24.1 Å². The van der Waals surface area contributed by atoms with Crippen molar-refractivity contribution < 1.29 is 14.6 Å². The highest BCUT2D eigenvalue weighted by molar-refractivity contribution is 6.31. The van der Waals surface area contributed by atoms with Gasteiger partial charge in [0.15, 0.2) is 0 Å². The molecule has 0 aliphatic carbocycles. The van der Waals surface area contributed by atoms with Crippen LogP contribution in [0.1, 0.15) is 23.7 Å². The van der Waals surface area contributed by atoms with Gasteiger partial charge in [-0.3, -0.25) is 0 Å². The quantitative estimate of drug-likeness (QED) is 0.765. The van der Waals surface area contributed by atoms with Crippen LogP contribution in [0.25, 0.3) is 0 Å². The molecule has 1 unspecified atom stereocenters. The van der Waals surface area contributed by atoms with Crippen LogP contribution < -0.4 is 0 Å². The van der Waals surface area contributed by atoms with Crippen molar-refractivity contribution in [2.75, 3.05) is 26.9 Å². The lowest BCUT2D eigenvalue weighted by atomic mass is 10.1. The molecule has 0 radical (unpaired) electrons. The largest absolute Gasteiger partial charge is 0.388 e. The first kappa shape index (κ1) is 14.5. The Balaban J connectivity index is 2.36. The van der Waals surface area contributed by atoms with Crippen molar-refractivity contribution in [2.24, 2.45) is 0 Å². The normalized spacial score (nSPS) is 12.7. The Labute approximate surface area is 107 Å². The third-order valence-corrected chi connectivity index (χ3v) is 2.96. The molecule has 1 aromatic carbocycles. The zero-order chi connectivity index (χ0) is 12.7. The lowest BCUT2D eigenvalue weighted by Crippen LogP contribution is -2.07. The molecule has 3 nitrogen and oxygen atoms in total. The number of aliphatic hydroxyl groups is 1. The van der Waals surface area contributed by atoms with E-state index >= 15 is 0 Å². The van der Waals surface area contributed by atoms with Gasteiger partial charge in [0.1, 0.15) is 0 Å². The van der Waals surface area contributed by atoms with E-state index in [0.717, 1.165) is 11.1 Å². The Hall–Kier alpha value is -0.610. The molecular formula is C13H19ClO3. The van der Waals surface area contributed by atoms with Crippen molar-refractivity contribution in [3.05, 3.63) is 34.3 Å². The van der Waals surface area contributed by atoms with Crippen LogP contribution in [0.4, 0.5) is 0 Å². The first-order chi connectivity index (χ1) is 8.15. The van der Waals surface area contributed by atoms with E-state index in [-0.39, 0.29) is 0 Å². The van der Waals surface area contributed by atoms with E-state index in [4.69, 9.17) is 21.1 Å². The molecule has 0 spiro atoms. The van der Waals surface area contributed by atoms with E-state index in [9.17, 15) is 5.11 Å². The van der Waals surface area contributed by atoms with Crippen LogP contribution in [-0.2, 0) is 9.47 Å². The SMILES string of the molecule is COCCOCCC(O)c1ccc(C)c(Cl)c1. The van der Waals surface area contributed by atoms with Gasteiger partial charge in [0.05, 0.1) is 19.3 Å². The number of hydrogen-bond acceptors (Lipinski definition) is 3. The molecule has 0 aromatic heterocycles. The van der Waals surface area contributed by atoms with Gasteiger partial charge in [0.2, 0.25) is 0 Å². The first-order valence-electron chi connectivity index (χ1n) is 5.66. The van der Waals surface area contributed by atoms with Crippen molar-refractivity contribution in [3.8, 4) is 0 Å². The van der Waals surface area contributed by atoms with Crippen LogP contribution in [0.5, 0.6) is 0 Å². The lowest BCUT2D eigenvalue weighted by Gasteiger charge is -2.12. The highest BCUT2D eigenvalue weighted by atomic mass is 35.5. The first-order valence-corrected chi connectivity index (χ1v) is 6.03. The summed E-state index contributed by atoms with van der Waals surface area (Å²) in [5, 5.41) is 10.6. The number of methoxy groups -OCH3 is 1. The minimum atomic E-state index is -0.532. The van der Waals surface area contributed by atoms with Crippen LogP contribution in [0.2, 0.25) is 5.02 Å². The maximum atomic E-state index is 9.92. The predicted molar refractivity (Wildman–Crippen MR) is 68.5 cm³/mol. The molecule has 0 heterocycles. The van der Waals surface area contributed by atoms with E-state index in [1.165, 1.54) is 0 Å². The Bertz CT molecular complexity index is 341. The Morgan fingerprint density at radius 2 is 2.06 bits per heavy atom. The van der Waals surface area contributed by atoms with E-state index in [2.05, 4.69) is 0 Å². The number of benzene rings is 1. The van der Waals surface area contributed by atoms with Gasteiger partial charge in [-0.1, -0.05) is 23.7 Å². The van der Waals surface area contributed by atoms with Gasteiger partial charge in [-0.25, -0.2) is 0 Å². The van der Waals surface area contributed by atoms with Gasteiger partial charge in [0, 0.05) is 25.2 Å². The average Bonchev–Trinajstić information content (AvgIpc) is 2.32. The Kier molecular flexibility index (Phi) is 6.52. The number of halogens is 1. The summed E-state index contributed by atoms with van der Waals surface area (Å²) in [7, 11) is 1.63. The van der Waals surface area contributed by atoms with Gasteiger partial charge in [0.25, 0.3) is 0 Å². The van der Waals surface area contributed by atoms with E-state index in [1.54, 1.807) is 13.2 Å². The second-order valence-corrected chi connectivity index (χ2v) is 4.33. The van der Waals surface area contributed by atoms with Crippen molar-refractivity contribution in [2.45, 2.75) is 19.4 Å². The van der Waals surface area contributed by atoms with Crippen molar-refractivity contribution >= 4 is 11.6 Å². The van der Waals surface area contributed by atoms with Crippen LogP contribution in [-0.4, -0.2) is 32.0 Å². The summed E-state index contributed by atoms with van der Waals surface area (Å²) in [5.74, 6) is 0. The lowest BCUT2D eigenvalue weighted by molar-refractivity contribution is 0.0475. The average molecular weight is 259 g/mol. The van der Waals surface area contributed by atoms with Crippen molar-refractivity contribution in [3.63, 3.8) is 0 Å². The summed E-state index contributed by atoms with van der Waals surface area (Å²) in [4.78, 5) is 0. The van der Waals surface area contributed by atoms with Crippen LogP contribution in [0, 0.1) is 6.92 Å². The third-order valence-electron chi connectivity index (χ3n) is 2.55. The minimum absolute atomic E-state index is 0.510. The molecule has 0 bridgehead atoms. The number of rotatable bonds is 7. The standard InChI is InChI=1S/C13H19ClO3/c1-10-3-4-11(9-12(10)14)13(15)5-6-17-8-7-16-2/h3-4,9,13,15H,5-8H2,1-2H3. The maximum absolute atomic E-state index is 9.92. The maximum Gasteiger partial charge on any atom is 0.0812 e. The summed E-state index contributed by atoms with van der Waals surface area (Å²) in [6, 6.07) is 5.60.